The third kappa shape index (κ3) is 2.90. The van der Waals surface area contributed by atoms with Crippen molar-refractivity contribution >= 4 is 0 Å². The molecule has 13 heavy (non-hydrogen) atoms. The van der Waals surface area contributed by atoms with E-state index >= 15 is 0 Å². The molecular weight excluding hydrogens is 167 g/mol. The molecule has 0 radical (unpaired) electrons. The molecule has 0 aliphatic heterocycles. The quantitative estimate of drug-likeness (QED) is 0.693. The fourth-order valence-electron chi connectivity index (χ4n) is 1.02. The first-order chi connectivity index (χ1) is 6.09. The molecule has 0 heterocycles. The van der Waals surface area contributed by atoms with Crippen LogP contribution in [0.25, 0.3) is 0 Å². The van der Waals surface area contributed by atoms with Gasteiger partial charge in [-0.05, 0) is 31.9 Å². The van der Waals surface area contributed by atoms with Crippen molar-refractivity contribution in [2.45, 2.75) is 20.3 Å². The lowest BCUT2D eigenvalue weighted by Crippen LogP contribution is -1.84. The summed E-state index contributed by atoms with van der Waals surface area (Å²) >= 11 is 0. The van der Waals surface area contributed by atoms with Crippen LogP contribution < -0.4 is 0 Å². The van der Waals surface area contributed by atoms with Gasteiger partial charge in [-0.2, -0.15) is 0 Å². The van der Waals surface area contributed by atoms with Crippen molar-refractivity contribution in [1.29, 1.82) is 0 Å². The topological polar surface area (TPSA) is 20.2 Å². The molecule has 1 nitrogen and oxygen atoms in total. The number of rotatable bonds is 2. The van der Waals surface area contributed by atoms with Crippen molar-refractivity contribution in [3.05, 3.63) is 41.2 Å². The van der Waals surface area contributed by atoms with Crippen LogP contribution in [0.1, 0.15) is 19.4 Å². The summed E-state index contributed by atoms with van der Waals surface area (Å²) in [5.41, 5.74) is 1.94. The van der Waals surface area contributed by atoms with E-state index in [1.165, 1.54) is 11.6 Å². The number of aromatic hydroxyl groups is 1. The third-order valence-electron chi connectivity index (χ3n) is 1.78. The molecule has 0 atom stereocenters. The summed E-state index contributed by atoms with van der Waals surface area (Å²) in [5, 5.41) is 9.33. The van der Waals surface area contributed by atoms with Crippen LogP contribution in [0.3, 0.4) is 0 Å². The standard InChI is InChI=1S/C11H13FO/c1-8(2)3-4-9-5-6-10(12)7-11(9)13/h3,5-7,13H,4H2,1-2H3. The van der Waals surface area contributed by atoms with E-state index in [2.05, 4.69) is 0 Å². The summed E-state index contributed by atoms with van der Waals surface area (Å²) in [6.07, 6.45) is 2.64. The zero-order chi connectivity index (χ0) is 9.84. The molecule has 1 aromatic rings. The highest BCUT2D eigenvalue weighted by Crippen LogP contribution is 2.19. The maximum Gasteiger partial charge on any atom is 0.126 e. The van der Waals surface area contributed by atoms with Crippen molar-refractivity contribution in [1.82, 2.24) is 0 Å². The van der Waals surface area contributed by atoms with Gasteiger partial charge < -0.3 is 5.11 Å². The Hall–Kier alpha value is -1.31. The average Bonchev–Trinajstić information content (AvgIpc) is 2.02. The second-order valence-corrected chi connectivity index (χ2v) is 3.26. The van der Waals surface area contributed by atoms with E-state index in [1.807, 2.05) is 19.9 Å². The van der Waals surface area contributed by atoms with Gasteiger partial charge in [0.15, 0.2) is 0 Å². The molecule has 0 bridgehead atoms. The molecule has 0 aliphatic rings. The van der Waals surface area contributed by atoms with Gasteiger partial charge >= 0.3 is 0 Å². The minimum Gasteiger partial charge on any atom is -0.508 e. The van der Waals surface area contributed by atoms with Crippen molar-refractivity contribution in [3.63, 3.8) is 0 Å². The molecule has 0 aliphatic carbocycles. The molecule has 70 valence electrons. The Balaban J connectivity index is 2.84. The van der Waals surface area contributed by atoms with Gasteiger partial charge in [0, 0.05) is 6.07 Å². The molecule has 1 N–H and O–H groups in total. The number of phenols is 1. The molecule has 0 aromatic heterocycles. The summed E-state index contributed by atoms with van der Waals surface area (Å²) in [7, 11) is 0. The minimum atomic E-state index is -0.404. The number of benzene rings is 1. The average molecular weight is 180 g/mol. The predicted octanol–water partition coefficient (Wildman–Crippen LogP) is 3.04. The normalized spacial score (nSPS) is 9.77. The van der Waals surface area contributed by atoms with Gasteiger partial charge in [0.1, 0.15) is 11.6 Å². The SMILES string of the molecule is CC(C)=CCc1ccc(F)cc1O. The number of phenolic OH excluding ortho intramolecular Hbond substituents is 1. The Morgan fingerprint density at radius 1 is 1.46 bits per heavy atom. The molecule has 0 saturated heterocycles. The van der Waals surface area contributed by atoms with Gasteiger partial charge in [-0.1, -0.05) is 17.7 Å². The molecule has 2 heteroatoms. The zero-order valence-corrected chi connectivity index (χ0v) is 7.84. The Bertz CT molecular complexity index is 325. The first-order valence-corrected chi connectivity index (χ1v) is 4.20. The van der Waals surface area contributed by atoms with Crippen LogP contribution in [0.5, 0.6) is 5.75 Å². The molecule has 0 saturated carbocycles. The zero-order valence-electron chi connectivity index (χ0n) is 7.84. The summed E-state index contributed by atoms with van der Waals surface area (Å²) in [4.78, 5) is 0. The molecule has 0 fully saturated rings. The Kier molecular flexibility index (Phi) is 3.07. The minimum absolute atomic E-state index is 0.0255. The van der Waals surface area contributed by atoms with E-state index in [-0.39, 0.29) is 5.75 Å². The molecule has 0 amide bonds. The monoisotopic (exact) mass is 180 g/mol. The first kappa shape index (κ1) is 9.78. The maximum absolute atomic E-state index is 12.6. The van der Waals surface area contributed by atoms with E-state index < -0.39 is 5.82 Å². The van der Waals surface area contributed by atoms with E-state index in [4.69, 9.17) is 0 Å². The number of allylic oxidation sites excluding steroid dienone is 2. The first-order valence-electron chi connectivity index (χ1n) is 4.20. The number of halogens is 1. The third-order valence-corrected chi connectivity index (χ3v) is 1.78. The van der Waals surface area contributed by atoms with Crippen molar-refractivity contribution in [3.8, 4) is 5.75 Å². The highest BCUT2D eigenvalue weighted by molar-refractivity contribution is 5.34. The van der Waals surface area contributed by atoms with Crippen LogP contribution in [0.15, 0.2) is 29.8 Å². The van der Waals surface area contributed by atoms with Gasteiger partial charge in [0.25, 0.3) is 0 Å². The molecular formula is C11H13FO. The van der Waals surface area contributed by atoms with Crippen molar-refractivity contribution in [2.75, 3.05) is 0 Å². The van der Waals surface area contributed by atoms with Gasteiger partial charge in [0.2, 0.25) is 0 Å². The second kappa shape index (κ2) is 4.08. The molecule has 1 aromatic carbocycles. The smallest absolute Gasteiger partial charge is 0.126 e. The molecule has 1 rings (SSSR count). The van der Waals surface area contributed by atoms with Crippen molar-refractivity contribution < 1.29 is 9.50 Å². The van der Waals surface area contributed by atoms with Gasteiger partial charge in [0.05, 0.1) is 0 Å². The highest BCUT2D eigenvalue weighted by atomic mass is 19.1. The number of hydrogen-bond acceptors (Lipinski definition) is 1. The Labute approximate surface area is 77.5 Å². The lowest BCUT2D eigenvalue weighted by atomic mass is 10.1. The van der Waals surface area contributed by atoms with E-state index in [0.29, 0.717) is 6.42 Å². The Morgan fingerprint density at radius 3 is 2.69 bits per heavy atom. The lowest BCUT2D eigenvalue weighted by molar-refractivity contribution is 0.463. The van der Waals surface area contributed by atoms with Crippen LogP contribution in [0.4, 0.5) is 4.39 Å². The maximum atomic E-state index is 12.6. The van der Waals surface area contributed by atoms with Crippen LogP contribution in [0.2, 0.25) is 0 Å². The number of hydrogen-bond donors (Lipinski definition) is 1. The largest absolute Gasteiger partial charge is 0.508 e. The van der Waals surface area contributed by atoms with Crippen LogP contribution in [-0.2, 0) is 6.42 Å². The second-order valence-electron chi connectivity index (χ2n) is 3.26. The van der Waals surface area contributed by atoms with Crippen LogP contribution in [-0.4, -0.2) is 5.11 Å². The molecule has 0 unspecified atom stereocenters. The van der Waals surface area contributed by atoms with Crippen LogP contribution >= 0.6 is 0 Å². The lowest BCUT2D eigenvalue weighted by Gasteiger charge is -2.01. The van der Waals surface area contributed by atoms with E-state index in [1.54, 1.807) is 6.07 Å². The van der Waals surface area contributed by atoms with Gasteiger partial charge in [-0.25, -0.2) is 4.39 Å². The fraction of sp³-hybridized carbons (Fsp3) is 0.273. The highest BCUT2D eigenvalue weighted by Gasteiger charge is 2.00. The summed E-state index contributed by atoms with van der Waals surface area (Å²) in [6.45, 7) is 3.97. The Morgan fingerprint density at radius 2 is 2.15 bits per heavy atom. The van der Waals surface area contributed by atoms with Gasteiger partial charge in [-0.3, -0.25) is 0 Å². The van der Waals surface area contributed by atoms with Crippen LogP contribution in [0, 0.1) is 5.82 Å². The summed E-state index contributed by atoms with van der Waals surface area (Å²) in [5.74, 6) is -0.379. The molecule has 0 spiro atoms. The van der Waals surface area contributed by atoms with E-state index in [9.17, 15) is 9.50 Å². The predicted molar refractivity (Wildman–Crippen MR) is 51.2 cm³/mol. The summed E-state index contributed by atoms with van der Waals surface area (Å²) < 4.78 is 12.6. The van der Waals surface area contributed by atoms with Crippen molar-refractivity contribution in [2.24, 2.45) is 0 Å². The summed E-state index contributed by atoms with van der Waals surface area (Å²) in [6, 6.07) is 4.09. The fourth-order valence-corrected chi connectivity index (χ4v) is 1.02. The van der Waals surface area contributed by atoms with Gasteiger partial charge in [-0.15, -0.1) is 0 Å². The van der Waals surface area contributed by atoms with E-state index in [0.717, 1.165) is 11.6 Å².